The number of likely N-dealkylation sites (N-methyl/N-ethyl adjacent to an activating group) is 1. The van der Waals surface area contributed by atoms with E-state index in [1.165, 1.54) is 5.56 Å². The molecule has 6 heteroatoms. The van der Waals surface area contributed by atoms with Gasteiger partial charge < -0.3 is 15.4 Å². The summed E-state index contributed by atoms with van der Waals surface area (Å²) < 4.78 is 5.52. The number of urea groups is 1. The van der Waals surface area contributed by atoms with Gasteiger partial charge in [-0.3, -0.25) is 4.90 Å². The molecule has 1 heterocycles. The smallest absolute Gasteiger partial charge is 0.338 e. The molecule has 1 atom stereocenters. The minimum absolute atomic E-state index is 0.272. The Morgan fingerprint density at radius 1 is 1.07 bits per heavy atom. The molecule has 146 valence electrons. The molecule has 0 spiro atoms. The Morgan fingerprint density at radius 2 is 1.71 bits per heavy atom. The first-order valence-corrected chi connectivity index (χ1v) is 9.27. The lowest BCUT2D eigenvalue weighted by Crippen LogP contribution is -2.45. The number of amides is 2. The van der Waals surface area contributed by atoms with Gasteiger partial charge in [0.1, 0.15) is 6.61 Å². The maximum Gasteiger partial charge on any atom is 0.338 e. The third kappa shape index (κ3) is 4.98. The van der Waals surface area contributed by atoms with E-state index in [0.717, 1.165) is 12.1 Å². The molecule has 6 nitrogen and oxygen atoms in total. The number of carbonyl (C=O) groups excluding carboxylic acids is 2. The quantitative estimate of drug-likeness (QED) is 0.726. The fourth-order valence-electron chi connectivity index (χ4n) is 3.21. The third-order valence-electron chi connectivity index (χ3n) is 4.62. The van der Waals surface area contributed by atoms with Gasteiger partial charge in [0.2, 0.25) is 0 Å². The van der Waals surface area contributed by atoms with Crippen molar-refractivity contribution in [2.24, 2.45) is 0 Å². The first-order chi connectivity index (χ1) is 13.5. The van der Waals surface area contributed by atoms with Crippen LogP contribution in [0.4, 0.5) is 4.79 Å². The highest BCUT2D eigenvalue weighted by molar-refractivity contribution is 5.95. The third-order valence-corrected chi connectivity index (χ3v) is 4.62. The maximum atomic E-state index is 12.7. The normalized spacial score (nSPS) is 16.5. The van der Waals surface area contributed by atoms with Gasteiger partial charge in [0, 0.05) is 18.8 Å². The predicted molar refractivity (Wildman–Crippen MR) is 107 cm³/mol. The topological polar surface area (TPSA) is 70.7 Å². The number of carbonyl (C=O) groups is 2. The lowest BCUT2D eigenvalue weighted by molar-refractivity contribution is -0.140. The molecule has 28 heavy (non-hydrogen) atoms. The summed E-state index contributed by atoms with van der Waals surface area (Å²) >= 11 is 0. The number of hydrogen-bond acceptors (Lipinski definition) is 4. The molecule has 2 N–H and O–H groups in total. The van der Waals surface area contributed by atoms with Crippen LogP contribution in [0.1, 0.15) is 24.1 Å². The lowest BCUT2D eigenvalue weighted by Gasteiger charge is -2.28. The Kier molecular flexibility index (Phi) is 6.45. The number of hydrogen-bond donors (Lipinski definition) is 2. The van der Waals surface area contributed by atoms with Crippen LogP contribution in [0.3, 0.4) is 0 Å². The van der Waals surface area contributed by atoms with Crippen molar-refractivity contribution in [2.45, 2.75) is 19.5 Å². The summed E-state index contributed by atoms with van der Waals surface area (Å²) in [6, 6.07) is 18.7. The molecule has 2 aromatic carbocycles. The zero-order valence-corrected chi connectivity index (χ0v) is 16.1. The van der Waals surface area contributed by atoms with Gasteiger partial charge in [-0.25, -0.2) is 9.59 Å². The van der Waals surface area contributed by atoms with Gasteiger partial charge >= 0.3 is 12.0 Å². The largest absolute Gasteiger partial charge is 0.461 e. The van der Waals surface area contributed by atoms with Crippen molar-refractivity contribution < 1.29 is 14.3 Å². The van der Waals surface area contributed by atoms with Crippen molar-refractivity contribution in [1.82, 2.24) is 15.5 Å². The number of ether oxygens (including phenoxy) is 1. The SMILES string of the molecule is CC1=C(C(=O)OCCN(C)Cc2ccccc2)C(c2ccccc2)NC(=O)N1. The van der Waals surface area contributed by atoms with Gasteiger partial charge in [0.05, 0.1) is 11.6 Å². The predicted octanol–water partition coefficient (Wildman–Crippen LogP) is 2.99. The summed E-state index contributed by atoms with van der Waals surface area (Å²) in [5.41, 5.74) is 2.99. The van der Waals surface area contributed by atoms with Crippen LogP contribution in [0.2, 0.25) is 0 Å². The van der Waals surface area contributed by atoms with Gasteiger partial charge in [-0.2, -0.15) is 0 Å². The van der Waals surface area contributed by atoms with E-state index in [1.54, 1.807) is 6.92 Å². The average Bonchev–Trinajstić information content (AvgIpc) is 2.68. The second-order valence-corrected chi connectivity index (χ2v) is 6.84. The summed E-state index contributed by atoms with van der Waals surface area (Å²) in [6.07, 6.45) is 0. The Labute approximate surface area is 165 Å². The molecular weight excluding hydrogens is 354 g/mol. The van der Waals surface area contributed by atoms with Crippen LogP contribution in [0.15, 0.2) is 71.9 Å². The molecule has 2 aromatic rings. The van der Waals surface area contributed by atoms with Gasteiger partial charge in [0.15, 0.2) is 0 Å². The molecule has 0 bridgehead atoms. The molecule has 1 aliphatic rings. The second kappa shape index (κ2) is 9.19. The van der Waals surface area contributed by atoms with Crippen molar-refractivity contribution in [2.75, 3.05) is 20.2 Å². The number of nitrogens with one attached hydrogen (secondary N) is 2. The summed E-state index contributed by atoms with van der Waals surface area (Å²) in [4.78, 5) is 26.7. The highest BCUT2D eigenvalue weighted by Crippen LogP contribution is 2.27. The van der Waals surface area contributed by atoms with E-state index in [9.17, 15) is 9.59 Å². The standard InChI is InChI=1S/C22H25N3O3/c1-16-19(20(24-22(27)23-16)18-11-7-4-8-12-18)21(26)28-14-13-25(2)15-17-9-5-3-6-10-17/h3-12,20H,13-15H2,1-2H3,(H2,23,24,27). The van der Waals surface area contributed by atoms with Crippen molar-refractivity contribution in [3.05, 3.63) is 83.1 Å². The van der Waals surface area contributed by atoms with E-state index >= 15 is 0 Å². The Bertz CT molecular complexity index is 850. The summed E-state index contributed by atoms with van der Waals surface area (Å²) in [5.74, 6) is -0.424. The molecule has 0 saturated heterocycles. The van der Waals surface area contributed by atoms with E-state index < -0.39 is 12.0 Å². The average molecular weight is 379 g/mol. The second-order valence-electron chi connectivity index (χ2n) is 6.84. The van der Waals surface area contributed by atoms with E-state index in [0.29, 0.717) is 17.8 Å². The fourth-order valence-corrected chi connectivity index (χ4v) is 3.21. The van der Waals surface area contributed by atoms with Crippen LogP contribution in [0, 0.1) is 0 Å². The van der Waals surface area contributed by atoms with Crippen LogP contribution in [-0.4, -0.2) is 37.1 Å². The van der Waals surface area contributed by atoms with E-state index in [4.69, 9.17) is 4.74 Å². The van der Waals surface area contributed by atoms with Crippen molar-refractivity contribution in [3.8, 4) is 0 Å². The van der Waals surface area contributed by atoms with Crippen LogP contribution in [0.5, 0.6) is 0 Å². The van der Waals surface area contributed by atoms with E-state index in [2.05, 4.69) is 27.7 Å². The zero-order valence-electron chi connectivity index (χ0n) is 16.1. The Balaban J connectivity index is 1.61. The number of nitrogens with zero attached hydrogens (tertiary/aromatic N) is 1. The zero-order chi connectivity index (χ0) is 19.9. The van der Waals surface area contributed by atoms with Crippen molar-refractivity contribution in [1.29, 1.82) is 0 Å². The Hall–Kier alpha value is -3.12. The number of allylic oxidation sites excluding steroid dienone is 1. The molecule has 0 radical (unpaired) electrons. The van der Waals surface area contributed by atoms with E-state index in [1.807, 2.05) is 55.6 Å². The van der Waals surface area contributed by atoms with Crippen molar-refractivity contribution in [3.63, 3.8) is 0 Å². The number of rotatable bonds is 7. The van der Waals surface area contributed by atoms with Gasteiger partial charge in [0.25, 0.3) is 0 Å². The van der Waals surface area contributed by atoms with Crippen LogP contribution >= 0.6 is 0 Å². The summed E-state index contributed by atoms with van der Waals surface area (Å²) in [5, 5.41) is 5.47. The van der Waals surface area contributed by atoms with Gasteiger partial charge in [-0.15, -0.1) is 0 Å². The molecule has 1 aliphatic heterocycles. The molecular formula is C22H25N3O3. The lowest BCUT2D eigenvalue weighted by atomic mass is 9.96. The van der Waals surface area contributed by atoms with Gasteiger partial charge in [-0.05, 0) is 25.1 Å². The highest BCUT2D eigenvalue weighted by Gasteiger charge is 2.32. The molecule has 3 rings (SSSR count). The van der Waals surface area contributed by atoms with Crippen LogP contribution in [-0.2, 0) is 16.1 Å². The maximum absolute atomic E-state index is 12.7. The molecule has 0 fully saturated rings. The summed E-state index contributed by atoms with van der Waals surface area (Å²) in [6.45, 7) is 3.38. The first kappa shape index (κ1) is 19.6. The van der Waals surface area contributed by atoms with Crippen LogP contribution < -0.4 is 10.6 Å². The fraction of sp³-hybridized carbons (Fsp3) is 0.273. The minimum atomic E-state index is -0.524. The minimum Gasteiger partial charge on any atom is -0.461 e. The number of benzene rings is 2. The Morgan fingerprint density at radius 3 is 2.39 bits per heavy atom. The van der Waals surface area contributed by atoms with E-state index in [-0.39, 0.29) is 12.6 Å². The number of esters is 1. The van der Waals surface area contributed by atoms with Gasteiger partial charge in [-0.1, -0.05) is 60.7 Å². The molecule has 1 unspecified atom stereocenters. The molecule has 2 amide bonds. The van der Waals surface area contributed by atoms with Crippen molar-refractivity contribution >= 4 is 12.0 Å². The molecule has 0 saturated carbocycles. The molecule has 0 aliphatic carbocycles. The monoisotopic (exact) mass is 379 g/mol. The highest BCUT2D eigenvalue weighted by atomic mass is 16.5. The molecule has 0 aromatic heterocycles. The first-order valence-electron chi connectivity index (χ1n) is 9.27. The van der Waals surface area contributed by atoms with Crippen LogP contribution in [0.25, 0.3) is 0 Å². The summed E-state index contributed by atoms with van der Waals surface area (Å²) in [7, 11) is 1.99.